The fourth-order valence-electron chi connectivity index (χ4n) is 1.10. The van der Waals surface area contributed by atoms with Crippen molar-refractivity contribution in [1.82, 2.24) is 4.98 Å². The normalized spacial score (nSPS) is 10.6. The highest BCUT2D eigenvalue weighted by Gasteiger charge is 2.06. The molecule has 0 radical (unpaired) electrons. The number of anilines is 1. The SMILES string of the molecule is COc1cc2sc(N)nc2cc1Br. The van der Waals surface area contributed by atoms with E-state index in [2.05, 4.69) is 20.9 Å². The third-order valence-electron chi connectivity index (χ3n) is 1.68. The van der Waals surface area contributed by atoms with E-state index < -0.39 is 0 Å². The van der Waals surface area contributed by atoms with E-state index >= 15 is 0 Å². The fraction of sp³-hybridized carbons (Fsp3) is 0.125. The van der Waals surface area contributed by atoms with Crippen LogP contribution >= 0.6 is 27.3 Å². The molecule has 0 spiro atoms. The Balaban J connectivity index is 2.72. The van der Waals surface area contributed by atoms with Crippen molar-refractivity contribution in [2.75, 3.05) is 12.8 Å². The van der Waals surface area contributed by atoms with Crippen LogP contribution in [0.2, 0.25) is 0 Å². The van der Waals surface area contributed by atoms with E-state index in [0.29, 0.717) is 5.13 Å². The molecule has 0 unspecified atom stereocenters. The Morgan fingerprint density at radius 2 is 2.31 bits per heavy atom. The number of nitrogen functional groups attached to an aromatic ring is 1. The number of benzene rings is 1. The number of hydrogen-bond acceptors (Lipinski definition) is 4. The molecule has 0 aliphatic rings. The van der Waals surface area contributed by atoms with Crippen LogP contribution in [0, 0.1) is 0 Å². The van der Waals surface area contributed by atoms with E-state index in [9.17, 15) is 0 Å². The standard InChI is InChI=1S/C8H7BrN2OS/c1-12-6-3-7-5(2-4(6)9)11-8(10)13-7/h2-3H,1H3,(H2,10,11). The first kappa shape index (κ1) is 8.77. The van der Waals surface area contributed by atoms with Gasteiger partial charge in [0.25, 0.3) is 0 Å². The molecule has 68 valence electrons. The molecule has 1 aromatic heterocycles. The van der Waals surface area contributed by atoms with E-state index in [1.54, 1.807) is 7.11 Å². The molecule has 5 heteroatoms. The van der Waals surface area contributed by atoms with E-state index in [4.69, 9.17) is 10.5 Å². The van der Waals surface area contributed by atoms with Crippen LogP contribution in [0.5, 0.6) is 5.75 Å². The van der Waals surface area contributed by atoms with Gasteiger partial charge in [-0.1, -0.05) is 11.3 Å². The number of nitrogens with zero attached hydrogens (tertiary/aromatic N) is 1. The van der Waals surface area contributed by atoms with Crippen molar-refractivity contribution in [2.45, 2.75) is 0 Å². The Hall–Kier alpha value is -0.810. The molecule has 1 aromatic carbocycles. The molecule has 1 heterocycles. The van der Waals surface area contributed by atoms with Gasteiger partial charge in [0.1, 0.15) is 5.75 Å². The Morgan fingerprint density at radius 1 is 1.54 bits per heavy atom. The van der Waals surface area contributed by atoms with Crippen LogP contribution in [0.1, 0.15) is 0 Å². The predicted molar refractivity (Wildman–Crippen MR) is 58.3 cm³/mol. The number of rotatable bonds is 1. The van der Waals surface area contributed by atoms with Crippen LogP contribution in [0.15, 0.2) is 16.6 Å². The molecule has 2 aromatic rings. The van der Waals surface area contributed by atoms with Gasteiger partial charge >= 0.3 is 0 Å². The van der Waals surface area contributed by atoms with Gasteiger partial charge in [-0.3, -0.25) is 0 Å². The summed E-state index contributed by atoms with van der Waals surface area (Å²) in [5.41, 5.74) is 6.48. The fourth-order valence-corrected chi connectivity index (χ4v) is 2.34. The first-order chi connectivity index (χ1) is 6.20. The third-order valence-corrected chi connectivity index (χ3v) is 3.15. The van der Waals surface area contributed by atoms with Crippen LogP contribution in [-0.4, -0.2) is 12.1 Å². The van der Waals surface area contributed by atoms with Crippen molar-refractivity contribution in [3.05, 3.63) is 16.6 Å². The Bertz CT molecular complexity index is 455. The molecule has 0 aliphatic heterocycles. The lowest BCUT2D eigenvalue weighted by molar-refractivity contribution is 0.413. The Kier molecular flexibility index (Phi) is 2.13. The number of ether oxygens (including phenoxy) is 1. The average Bonchev–Trinajstić information content (AvgIpc) is 2.42. The number of hydrogen-bond donors (Lipinski definition) is 1. The zero-order chi connectivity index (χ0) is 9.42. The van der Waals surface area contributed by atoms with Gasteiger partial charge < -0.3 is 10.5 Å². The van der Waals surface area contributed by atoms with Crippen LogP contribution in [0.3, 0.4) is 0 Å². The highest BCUT2D eigenvalue weighted by Crippen LogP contribution is 2.33. The van der Waals surface area contributed by atoms with Gasteiger partial charge in [0.05, 0.1) is 21.8 Å². The highest BCUT2D eigenvalue weighted by molar-refractivity contribution is 9.10. The lowest BCUT2D eigenvalue weighted by Gasteiger charge is -2.01. The number of aromatic nitrogens is 1. The zero-order valence-corrected chi connectivity index (χ0v) is 9.28. The molecule has 0 bridgehead atoms. The molecule has 0 saturated carbocycles. The van der Waals surface area contributed by atoms with Crippen molar-refractivity contribution in [2.24, 2.45) is 0 Å². The van der Waals surface area contributed by atoms with Gasteiger partial charge in [-0.05, 0) is 22.0 Å². The number of thiazole rings is 1. The Morgan fingerprint density at radius 3 is 3.00 bits per heavy atom. The molecular weight excluding hydrogens is 252 g/mol. The van der Waals surface area contributed by atoms with Crippen molar-refractivity contribution in [1.29, 1.82) is 0 Å². The van der Waals surface area contributed by atoms with Crippen molar-refractivity contribution >= 4 is 42.6 Å². The van der Waals surface area contributed by atoms with Crippen LogP contribution in [0.25, 0.3) is 10.2 Å². The first-order valence-electron chi connectivity index (χ1n) is 3.60. The highest BCUT2D eigenvalue weighted by atomic mass is 79.9. The lowest BCUT2D eigenvalue weighted by atomic mass is 10.3. The molecule has 0 fully saturated rings. The molecule has 2 N–H and O–H groups in total. The van der Waals surface area contributed by atoms with E-state index in [0.717, 1.165) is 20.4 Å². The maximum Gasteiger partial charge on any atom is 0.181 e. The molecular formula is C8H7BrN2OS. The van der Waals surface area contributed by atoms with Crippen LogP contribution < -0.4 is 10.5 Å². The summed E-state index contributed by atoms with van der Waals surface area (Å²) < 4.78 is 7.09. The van der Waals surface area contributed by atoms with Gasteiger partial charge in [-0.15, -0.1) is 0 Å². The van der Waals surface area contributed by atoms with Gasteiger partial charge in [0, 0.05) is 6.07 Å². The lowest BCUT2D eigenvalue weighted by Crippen LogP contribution is -1.83. The molecule has 3 nitrogen and oxygen atoms in total. The summed E-state index contributed by atoms with van der Waals surface area (Å²) >= 11 is 4.84. The molecule has 2 rings (SSSR count). The summed E-state index contributed by atoms with van der Waals surface area (Å²) in [6.45, 7) is 0. The summed E-state index contributed by atoms with van der Waals surface area (Å²) in [5.74, 6) is 0.802. The van der Waals surface area contributed by atoms with Crippen molar-refractivity contribution < 1.29 is 4.74 Å². The minimum atomic E-state index is 0.579. The second-order valence-electron chi connectivity index (χ2n) is 2.51. The van der Waals surface area contributed by atoms with E-state index in [1.807, 2.05) is 12.1 Å². The third kappa shape index (κ3) is 1.49. The quantitative estimate of drug-likeness (QED) is 0.856. The minimum absolute atomic E-state index is 0.579. The first-order valence-corrected chi connectivity index (χ1v) is 5.21. The smallest absolute Gasteiger partial charge is 0.181 e. The predicted octanol–water partition coefficient (Wildman–Crippen LogP) is 2.65. The number of fused-ring (bicyclic) bond motifs is 1. The van der Waals surface area contributed by atoms with Gasteiger partial charge in [-0.2, -0.15) is 0 Å². The van der Waals surface area contributed by atoms with E-state index in [-0.39, 0.29) is 0 Å². The second-order valence-corrected chi connectivity index (χ2v) is 4.42. The summed E-state index contributed by atoms with van der Waals surface area (Å²) in [6.07, 6.45) is 0. The number of halogens is 1. The summed E-state index contributed by atoms with van der Waals surface area (Å²) in [6, 6.07) is 3.83. The zero-order valence-electron chi connectivity index (χ0n) is 6.87. The minimum Gasteiger partial charge on any atom is -0.496 e. The Labute approximate surface area is 87.7 Å². The van der Waals surface area contributed by atoms with Crippen molar-refractivity contribution in [3.63, 3.8) is 0 Å². The summed E-state index contributed by atoms with van der Waals surface area (Å²) in [5, 5.41) is 0.579. The van der Waals surface area contributed by atoms with Crippen LogP contribution in [0.4, 0.5) is 5.13 Å². The number of methoxy groups -OCH3 is 1. The van der Waals surface area contributed by atoms with Crippen LogP contribution in [-0.2, 0) is 0 Å². The van der Waals surface area contributed by atoms with Gasteiger partial charge in [-0.25, -0.2) is 4.98 Å². The maximum atomic E-state index is 5.58. The van der Waals surface area contributed by atoms with Gasteiger partial charge in [0.2, 0.25) is 0 Å². The molecule has 13 heavy (non-hydrogen) atoms. The molecule has 0 aliphatic carbocycles. The largest absolute Gasteiger partial charge is 0.496 e. The monoisotopic (exact) mass is 258 g/mol. The summed E-state index contributed by atoms with van der Waals surface area (Å²) in [4.78, 5) is 4.16. The second kappa shape index (κ2) is 3.16. The molecule has 0 saturated heterocycles. The maximum absolute atomic E-state index is 5.58. The molecule has 0 atom stereocenters. The summed E-state index contributed by atoms with van der Waals surface area (Å²) in [7, 11) is 1.64. The van der Waals surface area contributed by atoms with Crippen molar-refractivity contribution in [3.8, 4) is 5.75 Å². The average molecular weight is 259 g/mol. The van der Waals surface area contributed by atoms with E-state index in [1.165, 1.54) is 11.3 Å². The van der Waals surface area contributed by atoms with Gasteiger partial charge in [0.15, 0.2) is 5.13 Å². The number of nitrogens with two attached hydrogens (primary N) is 1. The topological polar surface area (TPSA) is 48.1 Å². The molecule has 0 amide bonds.